The fraction of sp³-hybridized carbons (Fsp3) is 0.348. The second-order valence-corrected chi connectivity index (χ2v) is 6.92. The van der Waals surface area contributed by atoms with Crippen molar-refractivity contribution in [2.45, 2.75) is 25.7 Å². The third-order valence-corrected chi connectivity index (χ3v) is 5.05. The minimum absolute atomic E-state index is 0.0578. The lowest BCUT2D eigenvalue weighted by Crippen LogP contribution is -2.23. The van der Waals surface area contributed by atoms with Gasteiger partial charge in [0, 0.05) is 24.3 Å². The van der Waals surface area contributed by atoms with Gasteiger partial charge in [-0.3, -0.25) is 4.79 Å². The van der Waals surface area contributed by atoms with Gasteiger partial charge in [-0.1, -0.05) is 18.9 Å². The Bertz CT molecular complexity index is 809. The SMILES string of the molecule is COc1cc(C=CC(=O)c2ccc(N3CCCCCC3)cc2)cc(OC)c1O. The Kier molecular flexibility index (Phi) is 6.58. The Morgan fingerprint density at radius 1 is 0.964 bits per heavy atom. The number of hydrogen-bond acceptors (Lipinski definition) is 5. The van der Waals surface area contributed by atoms with Crippen molar-refractivity contribution >= 4 is 17.5 Å². The van der Waals surface area contributed by atoms with E-state index in [1.54, 1.807) is 18.2 Å². The monoisotopic (exact) mass is 381 g/mol. The predicted octanol–water partition coefficient (Wildman–Crippen LogP) is 4.69. The van der Waals surface area contributed by atoms with Crippen LogP contribution in [0.2, 0.25) is 0 Å². The quantitative estimate of drug-likeness (QED) is 0.581. The van der Waals surface area contributed by atoms with Crippen molar-refractivity contribution in [3.63, 3.8) is 0 Å². The van der Waals surface area contributed by atoms with Crippen LogP contribution in [0.3, 0.4) is 0 Å². The largest absolute Gasteiger partial charge is 0.502 e. The fourth-order valence-electron chi connectivity index (χ4n) is 3.44. The Balaban J connectivity index is 1.72. The number of aromatic hydroxyl groups is 1. The van der Waals surface area contributed by atoms with Crippen LogP contribution in [0.1, 0.15) is 41.6 Å². The molecule has 1 fully saturated rings. The molecule has 0 radical (unpaired) electrons. The molecule has 0 aromatic heterocycles. The first-order valence-electron chi connectivity index (χ1n) is 9.65. The van der Waals surface area contributed by atoms with Crippen LogP contribution in [0.5, 0.6) is 17.2 Å². The molecular weight excluding hydrogens is 354 g/mol. The van der Waals surface area contributed by atoms with Gasteiger partial charge in [-0.15, -0.1) is 0 Å². The van der Waals surface area contributed by atoms with Crippen LogP contribution in [-0.4, -0.2) is 38.2 Å². The molecule has 5 nitrogen and oxygen atoms in total. The summed E-state index contributed by atoms with van der Waals surface area (Å²) in [6.07, 6.45) is 8.25. The Morgan fingerprint density at radius 3 is 2.07 bits per heavy atom. The number of carbonyl (C=O) groups excluding carboxylic acids is 1. The molecule has 1 aliphatic rings. The van der Waals surface area contributed by atoms with Gasteiger partial charge in [0.15, 0.2) is 17.3 Å². The molecule has 1 saturated heterocycles. The molecule has 148 valence electrons. The van der Waals surface area contributed by atoms with Crippen LogP contribution < -0.4 is 14.4 Å². The minimum atomic E-state index is -0.0755. The molecule has 0 aliphatic carbocycles. The molecule has 0 saturated carbocycles. The number of hydrogen-bond donors (Lipinski definition) is 1. The number of carbonyl (C=O) groups is 1. The maximum Gasteiger partial charge on any atom is 0.200 e. The number of phenols is 1. The number of phenolic OH excluding ortho intramolecular Hbond substituents is 1. The normalized spacial score (nSPS) is 14.7. The first-order valence-corrected chi connectivity index (χ1v) is 9.65. The van der Waals surface area contributed by atoms with Gasteiger partial charge >= 0.3 is 0 Å². The average Bonchev–Trinajstić information content (AvgIpc) is 3.02. The summed E-state index contributed by atoms with van der Waals surface area (Å²) in [5.41, 5.74) is 2.53. The van der Waals surface area contributed by atoms with Gasteiger partial charge in [-0.2, -0.15) is 0 Å². The van der Waals surface area contributed by atoms with Crippen molar-refractivity contribution in [3.05, 3.63) is 53.6 Å². The van der Waals surface area contributed by atoms with Crippen LogP contribution in [0, 0.1) is 0 Å². The molecule has 3 rings (SSSR count). The van der Waals surface area contributed by atoms with E-state index in [4.69, 9.17) is 9.47 Å². The third kappa shape index (κ3) is 4.66. The van der Waals surface area contributed by atoms with Crippen molar-refractivity contribution in [3.8, 4) is 17.2 Å². The second-order valence-electron chi connectivity index (χ2n) is 6.92. The Morgan fingerprint density at radius 2 is 1.54 bits per heavy atom. The molecule has 1 N–H and O–H groups in total. The zero-order valence-electron chi connectivity index (χ0n) is 16.5. The smallest absolute Gasteiger partial charge is 0.200 e. The Labute approximate surface area is 166 Å². The summed E-state index contributed by atoms with van der Waals surface area (Å²) < 4.78 is 10.3. The Hall–Kier alpha value is -2.95. The van der Waals surface area contributed by atoms with Gasteiger partial charge in [0.25, 0.3) is 0 Å². The highest BCUT2D eigenvalue weighted by atomic mass is 16.5. The van der Waals surface area contributed by atoms with Crippen molar-refractivity contribution in [1.29, 1.82) is 0 Å². The maximum absolute atomic E-state index is 12.5. The number of ether oxygens (including phenoxy) is 2. The van der Waals surface area contributed by atoms with Crippen LogP contribution in [0.4, 0.5) is 5.69 Å². The lowest BCUT2D eigenvalue weighted by Gasteiger charge is -2.22. The molecule has 0 spiro atoms. The summed E-state index contributed by atoms with van der Waals surface area (Å²) in [7, 11) is 2.94. The fourth-order valence-corrected chi connectivity index (χ4v) is 3.44. The van der Waals surface area contributed by atoms with Gasteiger partial charge in [0.1, 0.15) is 0 Å². The number of methoxy groups -OCH3 is 2. The highest BCUT2D eigenvalue weighted by Crippen LogP contribution is 2.37. The molecule has 2 aromatic rings. The molecule has 1 heterocycles. The van der Waals surface area contributed by atoms with Crippen molar-refractivity contribution in [2.24, 2.45) is 0 Å². The zero-order chi connectivity index (χ0) is 19.9. The van der Waals surface area contributed by atoms with E-state index < -0.39 is 0 Å². The number of allylic oxidation sites excluding steroid dienone is 1. The molecule has 0 atom stereocenters. The minimum Gasteiger partial charge on any atom is -0.502 e. The topological polar surface area (TPSA) is 59.0 Å². The highest BCUT2D eigenvalue weighted by molar-refractivity contribution is 6.07. The van der Waals surface area contributed by atoms with E-state index in [-0.39, 0.29) is 11.5 Å². The maximum atomic E-state index is 12.5. The number of anilines is 1. The van der Waals surface area contributed by atoms with Crippen LogP contribution in [0.15, 0.2) is 42.5 Å². The van der Waals surface area contributed by atoms with E-state index in [0.717, 1.165) is 13.1 Å². The molecule has 28 heavy (non-hydrogen) atoms. The van der Waals surface area contributed by atoms with E-state index in [1.165, 1.54) is 51.7 Å². The summed E-state index contributed by atoms with van der Waals surface area (Å²) in [5, 5.41) is 9.97. The molecule has 1 aliphatic heterocycles. The molecule has 0 amide bonds. The van der Waals surface area contributed by atoms with E-state index in [1.807, 2.05) is 24.3 Å². The number of rotatable bonds is 6. The van der Waals surface area contributed by atoms with Crippen molar-refractivity contribution in [2.75, 3.05) is 32.2 Å². The van der Waals surface area contributed by atoms with Gasteiger partial charge in [-0.05, 0) is 60.9 Å². The van der Waals surface area contributed by atoms with Gasteiger partial charge in [-0.25, -0.2) is 0 Å². The first-order chi connectivity index (χ1) is 13.6. The summed E-state index contributed by atoms with van der Waals surface area (Å²) in [4.78, 5) is 14.9. The zero-order valence-corrected chi connectivity index (χ0v) is 16.5. The van der Waals surface area contributed by atoms with E-state index >= 15 is 0 Å². The molecule has 0 unspecified atom stereocenters. The number of ketones is 1. The summed E-state index contributed by atoms with van der Waals surface area (Å²) in [6, 6.07) is 11.1. The standard InChI is InChI=1S/C23H27NO4/c1-27-21-15-17(16-22(28-2)23(21)26)7-12-20(25)18-8-10-19(11-9-18)24-13-5-3-4-6-14-24/h7-12,15-16,26H,3-6,13-14H2,1-2H3. The van der Waals surface area contributed by atoms with Crippen LogP contribution in [-0.2, 0) is 0 Å². The molecule has 0 bridgehead atoms. The van der Waals surface area contributed by atoms with Crippen LogP contribution >= 0.6 is 0 Å². The van der Waals surface area contributed by atoms with Gasteiger partial charge in [0.2, 0.25) is 5.75 Å². The van der Waals surface area contributed by atoms with E-state index in [9.17, 15) is 9.90 Å². The van der Waals surface area contributed by atoms with Gasteiger partial charge in [0.05, 0.1) is 14.2 Å². The van der Waals surface area contributed by atoms with Crippen molar-refractivity contribution < 1.29 is 19.4 Å². The van der Waals surface area contributed by atoms with E-state index in [2.05, 4.69) is 4.90 Å². The summed E-state index contributed by atoms with van der Waals surface area (Å²) in [5.74, 6) is 0.465. The lowest BCUT2D eigenvalue weighted by atomic mass is 10.1. The summed E-state index contributed by atoms with van der Waals surface area (Å²) in [6.45, 7) is 2.16. The van der Waals surface area contributed by atoms with Crippen LogP contribution in [0.25, 0.3) is 6.08 Å². The summed E-state index contributed by atoms with van der Waals surface area (Å²) >= 11 is 0. The lowest BCUT2D eigenvalue weighted by molar-refractivity contribution is 0.104. The molecular formula is C23H27NO4. The second kappa shape index (κ2) is 9.31. The first kappa shape index (κ1) is 19.8. The van der Waals surface area contributed by atoms with Crippen molar-refractivity contribution in [1.82, 2.24) is 0 Å². The highest BCUT2D eigenvalue weighted by Gasteiger charge is 2.12. The van der Waals surface area contributed by atoms with E-state index in [0.29, 0.717) is 22.6 Å². The number of benzene rings is 2. The number of nitrogens with zero attached hydrogens (tertiary/aromatic N) is 1. The van der Waals surface area contributed by atoms with Gasteiger partial charge < -0.3 is 19.5 Å². The molecule has 2 aromatic carbocycles. The molecule has 5 heteroatoms. The average molecular weight is 381 g/mol. The third-order valence-electron chi connectivity index (χ3n) is 5.05. The predicted molar refractivity (Wildman–Crippen MR) is 112 cm³/mol.